The molecule has 0 atom stereocenters. The van der Waals surface area contributed by atoms with Crippen LogP contribution in [0.25, 0.3) is 0 Å². The molecule has 0 aromatic heterocycles. The summed E-state index contributed by atoms with van der Waals surface area (Å²) in [5.74, 6) is -0.750. The number of nitriles is 2. The minimum Gasteiger partial charge on any atom is -0.741 e. The van der Waals surface area contributed by atoms with E-state index in [1.807, 2.05) is 0 Å². The zero-order valence-corrected chi connectivity index (χ0v) is 13.7. The Balaban J connectivity index is 0. The van der Waals surface area contributed by atoms with Gasteiger partial charge in [-0.2, -0.15) is 45.3 Å². The van der Waals surface area contributed by atoms with E-state index in [9.17, 15) is 34.8 Å². The van der Waals surface area contributed by atoms with Crippen LogP contribution in [0.3, 0.4) is 0 Å². The molecular formula is C8H8F6N2O5S3. The van der Waals surface area contributed by atoms with Crippen molar-refractivity contribution in [2.75, 3.05) is 11.5 Å². The first kappa shape index (κ1) is 25.0. The highest BCUT2D eigenvalue weighted by atomic mass is 33.2. The summed E-state index contributed by atoms with van der Waals surface area (Å²) in [6, 6.07) is 3.18. The Kier molecular flexibility index (Phi) is 9.70. The van der Waals surface area contributed by atoms with Crippen LogP contribution in [-0.2, 0) is 28.9 Å². The second-order valence-corrected chi connectivity index (χ2v) is 10.6. The smallest absolute Gasteiger partial charge is 0.543 e. The van der Waals surface area contributed by atoms with Gasteiger partial charge in [0.1, 0.15) is 21.4 Å². The van der Waals surface area contributed by atoms with Gasteiger partial charge in [0.15, 0.2) is 10.1 Å². The molecule has 0 amide bonds. The lowest BCUT2D eigenvalue weighted by atomic mass is 10.5. The molecule has 0 aliphatic rings. The Bertz CT molecular complexity index is 668. The monoisotopic (exact) mass is 422 g/mol. The molecule has 0 radical (unpaired) electrons. The number of nitrogens with zero attached hydrogens (tertiary/aromatic N) is 2. The SMILES string of the molecule is N#CCC[S+](CCC#N)S(=O)(=O)C(F)(F)F.O=S(=O)([O-])C(F)(F)F. The maximum absolute atomic E-state index is 12.2. The Morgan fingerprint density at radius 2 is 1.12 bits per heavy atom. The van der Waals surface area contributed by atoms with E-state index in [1.165, 1.54) is 0 Å². The molecule has 0 heterocycles. The van der Waals surface area contributed by atoms with E-state index in [1.54, 1.807) is 12.1 Å². The number of hydrogen-bond donors (Lipinski definition) is 0. The van der Waals surface area contributed by atoms with E-state index in [2.05, 4.69) is 0 Å². The maximum atomic E-state index is 12.2. The first-order chi connectivity index (χ1) is 10.5. The predicted octanol–water partition coefficient (Wildman–Crippen LogP) is 1.33. The molecule has 0 bridgehead atoms. The van der Waals surface area contributed by atoms with Gasteiger partial charge in [-0.3, -0.25) is 0 Å². The van der Waals surface area contributed by atoms with Gasteiger partial charge in [-0.25, -0.2) is 8.42 Å². The fourth-order valence-corrected chi connectivity index (χ4v) is 4.94. The molecule has 0 saturated carbocycles. The molecule has 0 fully saturated rings. The summed E-state index contributed by atoms with van der Waals surface area (Å²) in [4.78, 5) is 0. The van der Waals surface area contributed by atoms with Gasteiger partial charge in [0.2, 0.25) is 0 Å². The van der Waals surface area contributed by atoms with Crippen molar-refractivity contribution in [1.29, 1.82) is 10.5 Å². The normalized spacial score (nSPS) is 12.8. The van der Waals surface area contributed by atoms with Crippen molar-refractivity contribution in [3.05, 3.63) is 0 Å². The van der Waals surface area contributed by atoms with Crippen LogP contribution in [-0.4, -0.2) is 43.9 Å². The number of hydrogen-bond acceptors (Lipinski definition) is 7. The van der Waals surface area contributed by atoms with Gasteiger partial charge in [-0.1, -0.05) is 0 Å². The quantitative estimate of drug-likeness (QED) is 0.214. The number of halogens is 6. The van der Waals surface area contributed by atoms with Gasteiger partial charge >= 0.3 is 19.9 Å². The van der Waals surface area contributed by atoms with Crippen molar-refractivity contribution in [1.82, 2.24) is 0 Å². The standard InChI is InChI=1S/C7H8F3N2O2S2.CHF3O3S/c8-7(9,10)16(13,14)15(5-1-3-11)6-2-4-12;2-1(3,4)8(5,6)7/h1-2,5-6H2;(H,5,6,7)/q+1;/p-1. The minimum atomic E-state index is -6.09. The third-order valence-corrected chi connectivity index (χ3v) is 8.26. The molecule has 0 spiro atoms. The van der Waals surface area contributed by atoms with E-state index >= 15 is 0 Å². The van der Waals surface area contributed by atoms with E-state index in [0.717, 1.165) is 0 Å². The van der Waals surface area contributed by atoms with Crippen molar-refractivity contribution >= 4 is 28.9 Å². The summed E-state index contributed by atoms with van der Waals surface area (Å²) in [5.41, 5.74) is -11.0. The van der Waals surface area contributed by atoms with Gasteiger partial charge in [0, 0.05) is 0 Å². The summed E-state index contributed by atoms with van der Waals surface area (Å²) < 4.78 is 118. The summed E-state index contributed by atoms with van der Waals surface area (Å²) in [6.07, 6.45) is -0.548. The molecule has 0 aliphatic heterocycles. The molecule has 0 aliphatic carbocycles. The molecule has 7 nitrogen and oxygen atoms in total. The van der Waals surface area contributed by atoms with Crippen LogP contribution in [0.4, 0.5) is 26.3 Å². The molecule has 0 aromatic carbocycles. The van der Waals surface area contributed by atoms with Crippen molar-refractivity contribution in [3.63, 3.8) is 0 Å². The largest absolute Gasteiger partial charge is 0.741 e. The van der Waals surface area contributed by atoms with Crippen molar-refractivity contribution in [3.8, 4) is 12.1 Å². The molecule has 0 aromatic rings. The average molecular weight is 422 g/mol. The average Bonchev–Trinajstić information content (AvgIpc) is 2.35. The van der Waals surface area contributed by atoms with Gasteiger partial charge in [0.05, 0.1) is 25.0 Å². The summed E-state index contributed by atoms with van der Waals surface area (Å²) in [7, 11) is -13.3. The zero-order valence-electron chi connectivity index (χ0n) is 11.3. The molecule has 0 unspecified atom stereocenters. The maximum Gasteiger partial charge on any atom is 0.543 e. The highest BCUT2D eigenvalue weighted by Crippen LogP contribution is 2.30. The lowest BCUT2D eigenvalue weighted by Gasteiger charge is -2.08. The van der Waals surface area contributed by atoms with Crippen molar-refractivity contribution < 1.29 is 47.7 Å². The lowest BCUT2D eigenvalue weighted by Crippen LogP contribution is -2.34. The van der Waals surface area contributed by atoms with Crippen LogP contribution in [0, 0.1) is 22.7 Å². The van der Waals surface area contributed by atoms with E-state index in [4.69, 9.17) is 23.5 Å². The van der Waals surface area contributed by atoms with E-state index in [0.29, 0.717) is 0 Å². The highest BCUT2D eigenvalue weighted by Gasteiger charge is 2.57. The number of alkyl halides is 6. The fourth-order valence-electron chi connectivity index (χ4n) is 0.774. The summed E-state index contributed by atoms with van der Waals surface area (Å²) in [5, 5.41) is 16.4. The molecule has 24 heavy (non-hydrogen) atoms. The second-order valence-electron chi connectivity index (χ2n) is 3.46. The van der Waals surface area contributed by atoms with E-state index in [-0.39, 0.29) is 24.3 Å². The van der Waals surface area contributed by atoms with E-state index < -0.39 is 39.9 Å². The van der Waals surface area contributed by atoms with Crippen LogP contribution in [0.5, 0.6) is 0 Å². The molecular weight excluding hydrogens is 414 g/mol. The molecule has 16 heteroatoms. The number of rotatable bonds is 5. The Hall–Kier alpha value is -1.23. The van der Waals surface area contributed by atoms with Gasteiger partial charge in [0.25, 0.3) is 0 Å². The topological polar surface area (TPSA) is 139 Å². The highest BCUT2D eigenvalue weighted by molar-refractivity contribution is 8.69. The summed E-state index contributed by atoms with van der Waals surface area (Å²) >= 11 is 0. The van der Waals surface area contributed by atoms with Crippen LogP contribution in [0.2, 0.25) is 0 Å². The van der Waals surface area contributed by atoms with Crippen molar-refractivity contribution in [2.24, 2.45) is 0 Å². The first-order valence-electron chi connectivity index (χ1n) is 5.27. The zero-order chi connectivity index (χ0) is 19.8. The van der Waals surface area contributed by atoms with Crippen LogP contribution in [0.15, 0.2) is 0 Å². The third-order valence-electron chi connectivity index (χ3n) is 1.76. The Morgan fingerprint density at radius 3 is 1.29 bits per heavy atom. The Morgan fingerprint density at radius 1 is 0.833 bits per heavy atom. The predicted molar refractivity (Wildman–Crippen MR) is 68.3 cm³/mol. The molecule has 0 rings (SSSR count). The third kappa shape index (κ3) is 8.57. The van der Waals surface area contributed by atoms with Crippen molar-refractivity contribution in [2.45, 2.75) is 23.9 Å². The van der Waals surface area contributed by atoms with Gasteiger partial charge in [-0.15, -0.1) is 0 Å². The molecule has 0 saturated heterocycles. The summed E-state index contributed by atoms with van der Waals surface area (Å²) in [6.45, 7) is 0. The van der Waals surface area contributed by atoms with Crippen LogP contribution in [0.1, 0.15) is 12.8 Å². The molecule has 0 N–H and O–H groups in total. The van der Waals surface area contributed by atoms with Crippen LogP contribution >= 0.6 is 0 Å². The van der Waals surface area contributed by atoms with Gasteiger partial charge in [-0.05, 0) is 0 Å². The minimum absolute atomic E-state index is 0.274. The second kappa shape index (κ2) is 9.30. The Labute approximate surface area is 135 Å². The fraction of sp³-hybridized carbons (Fsp3) is 0.750. The lowest BCUT2D eigenvalue weighted by molar-refractivity contribution is -0.0518. The first-order valence-corrected chi connectivity index (χ1v) is 10.2. The van der Waals surface area contributed by atoms with Crippen LogP contribution < -0.4 is 0 Å². The van der Waals surface area contributed by atoms with Gasteiger partial charge < -0.3 is 4.55 Å². The molecule has 140 valence electrons.